The van der Waals surface area contributed by atoms with Crippen LogP contribution in [0.15, 0.2) is 24.3 Å². The summed E-state index contributed by atoms with van der Waals surface area (Å²) < 4.78 is 12.9. The van der Waals surface area contributed by atoms with Crippen LogP contribution in [0.25, 0.3) is 0 Å². The summed E-state index contributed by atoms with van der Waals surface area (Å²) in [6.07, 6.45) is 1.11. The Balaban J connectivity index is 1.60. The third-order valence-corrected chi connectivity index (χ3v) is 6.02. The molecule has 5 atom stereocenters. The number of hydrogen-bond donors (Lipinski definition) is 3. The number of carboxylic acid groups (broad SMARTS) is 2. The average molecular weight is 305 g/mol. The molecule has 4 aliphatic carbocycles. The van der Waals surface area contributed by atoms with Gasteiger partial charge in [0.05, 0.1) is 5.41 Å². The van der Waals surface area contributed by atoms with Crippen molar-refractivity contribution in [2.75, 3.05) is 0 Å². The largest absolute Gasteiger partial charge is 0.481 e. The fourth-order valence-electron chi connectivity index (χ4n) is 5.13. The van der Waals surface area contributed by atoms with Crippen LogP contribution in [0.2, 0.25) is 0 Å². The first-order valence-corrected chi connectivity index (χ1v) is 7.39. The summed E-state index contributed by atoms with van der Waals surface area (Å²) in [5.41, 5.74) is -1.20. The lowest BCUT2D eigenvalue weighted by molar-refractivity contribution is -0.147. The van der Waals surface area contributed by atoms with Crippen LogP contribution in [-0.4, -0.2) is 27.7 Å². The van der Waals surface area contributed by atoms with Gasteiger partial charge in [-0.2, -0.15) is 0 Å². The van der Waals surface area contributed by atoms with Gasteiger partial charge < -0.3 is 10.2 Å². The van der Waals surface area contributed by atoms with E-state index >= 15 is 0 Å². The number of halogens is 1. The van der Waals surface area contributed by atoms with Crippen molar-refractivity contribution >= 4 is 11.9 Å². The van der Waals surface area contributed by atoms with E-state index in [2.05, 4.69) is 5.32 Å². The van der Waals surface area contributed by atoms with E-state index in [9.17, 15) is 24.2 Å². The van der Waals surface area contributed by atoms with Gasteiger partial charge in [0.1, 0.15) is 11.4 Å². The summed E-state index contributed by atoms with van der Waals surface area (Å²) in [4.78, 5) is 23.5. The van der Waals surface area contributed by atoms with Crippen molar-refractivity contribution in [3.63, 3.8) is 0 Å². The number of rotatable bonds is 5. The molecule has 22 heavy (non-hydrogen) atoms. The number of hydrogen-bond acceptors (Lipinski definition) is 3. The molecule has 2 unspecified atom stereocenters. The predicted octanol–water partition coefficient (Wildman–Crippen LogP) is 1.48. The van der Waals surface area contributed by atoms with Crippen molar-refractivity contribution in [3.8, 4) is 0 Å². The van der Waals surface area contributed by atoms with Crippen molar-refractivity contribution in [3.05, 3.63) is 35.6 Å². The van der Waals surface area contributed by atoms with Crippen LogP contribution in [0.4, 0.5) is 4.39 Å². The highest BCUT2D eigenvalue weighted by atomic mass is 19.1. The number of aliphatic carboxylic acids is 2. The van der Waals surface area contributed by atoms with E-state index in [1.807, 2.05) is 0 Å². The van der Waals surface area contributed by atoms with Crippen LogP contribution in [0, 0.1) is 29.0 Å². The SMILES string of the molecule is O=C(O)[C@@]1(NCc2ccc(F)cc2)C2CC3[C@@H]1[C@@]3(C(=O)O)C2. The zero-order valence-electron chi connectivity index (χ0n) is 11.8. The molecule has 0 aliphatic heterocycles. The second-order valence-electron chi connectivity index (χ2n) is 6.72. The second-order valence-corrected chi connectivity index (χ2v) is 6.72. The van der Waals surface area contributed by atoms with Gasteiger partial charge in [0.2, 0.25) is 0 Å². The van der Waals surface area contributed by atoms with E-state index in [-0.39, 0.29) is 23.6 Å². The van der Waals surface area contributed by atoms with Crippen LogP contribution in [0.3, 0.4) is 0 Å². The normalized spacial score (nSPS) is 40.7. The van der Waals surface area contributed by atoms with Gasteiger partial charge in [-0.1, -0.05) is 12.1 Å². The van der Waals surface area contributed by atoms with Crippen LogP contribution in [0.5, 0.6) is 0 Å². The van der Waals surface area contributed by atoms with Crippen molar-refractivity contribution < 1.29 is 24.2 Å². The van der Waals surface area contributed by atoms with E-state index in [4.69, 9.17) is 0 Å². The molecular formula is C16H16FNO4. The molecular weight excluding hydrogens is 289 g/mol. The number of nitrogens with one attached hydrogen (secondary N) is 1. The van der Waals surface area contributed by atoms with Gasteiger partial charge >= 0.3 is 11.9 Å². The molecule has 0 aromatic heterocycles. The van der Waals surface area contributed by atoms with Gasteiger partial charge in [-0.3, -0.25) is 14.9 Å². The Bertz CT molecular complexity index is 675. The van der Waals surface area contributed by atoms with E-state index < -0.39 is 22.9 Å². The Hall–Kier alpha value is -1.95. The minimum atomic E-state index is -1.16. The molecule has 1 aromatic rings. The standard InChI is InChI=1S/C16H16FNO4/c17-10-3-1-8(2-4-10)7-18-16(14(21)22)9-5-11-12(16)15(11,6-9)13(19)20/h1-4,9,11-12,18H,5-7H2,(H,19,20)(H,21,22)/t9?,11?,12-,15-,16-/m1/s1. The number of carboxylic acids is 2. The molecule has 1 aromatic carbocycles. The molecule has 0 saturated heterocycles. The zero-order chi connectivity index (χ0) is 15.7. The quantitative estimate of drug-likeness (QED) is 0.767. The van der Waals surface area contributed by atoms with Gasteiger partial charge in [-0.05, 0) is 42.4 Å². The summed E-state index contributed by atoms with van der Waals surface area (Å²) in [6.45, 7) is 0.294. The Labute approximate surface area is 126 Å². The van der Waals surface area contributed by atoms with Gasteiger partial charge in [-0.25, -0.2) is 4.39 Å². The van der Waals surface area contributed by atoms with Crippen molar-refractivity contribution in [2.24, 2.45) is 23.2 Å². The maximum atomic E-state index is 12.9. The van der Waals surface area contributed by atoms with E-state index in [0.717, 1.165) is 5.56 Å². The molecule has 6 heteroatoms. The molecule has 0 spiro atoms. The molecule has 0 radical (unpaired) electrons. The summed E-state index contributed by atoms with van der Waals surface area (Å²) in [7, 11) is 0. The van der Waals surface area contributed by atoms with Crippen LogP contribution in [-0.2, 0) is 16.1 Å². The summed E-state index contributed by atoms with van der Waals surface area (Å²) in [5.74, 6) is -2.67. The molecule has 4 aliphatic rings. The Morgan fingerprint density at radius 2 is 1.91 bits per heavy atom. The zero-order valence-corrected chi connectivity index (χ0v) is 11.8. The second kappa shape index (κ2) is 4.07. The molecule has 4 saturated carbocycles. The topological polar surface area (TPSA) is 86.6 Å². The third-order valence-electron chi connectivity index (χ3n) is 6.02. The molecule has 3 N–H and O–H groups in total. The lowest BCUT2D eigenvalue weighted by atomic mass is 9.88. The average Bonchev–Trinajstić information content (AvgIpc) is 2.81. The Kier molecular flexibility index (Phi) is 2.53. The van der Waals surface area contributed by atoms with Crippen LogP contribution in [0.1, 0.15) is 18.4 Å². The van der Waals surface area contributed by atoms with Gasteiger partial charge in [-0.15, -0.1) is 0 Å². The first-order chi connectivity index (χ1) is 10.4. The van der Waals surface area contributed by atoms with Crippen LogP contribution < -0.4 is 5.32 Å². The van der Waals surface area contributed by atoms with E-state index in [1.165, 1.54) is 12.1 Å². The minimum absolute atomic E-state index is 0.0215. The van der Waals surface area contributed by atoms with Gasteiger partial charge in [0.15, 0.2) is 0 Å². The van der Waals surface area contributed by atoms with Gasteiger partial charge in [0, 0.05) is 12.5 Å². The highest BCUT2D eigenvalue weighted by molar-refractivity contribution is 5.91. The third kappa shape index (κ3) is 1.41. The van der Waals surface area contributed by atoms with Crippen molar-refractivity contribution in [1.82, 2.24) is 5.32 Å². The Morgan fingerprint density at radius 1 is 1.23 bits per heavy atom. The lowest BCUT2D eigenvalue weighted by Gasteiger charge is -2.30. The molecule has 4 bridgehead atoms. The molecule has 116 valence electrons. The fraction of sp³-hybridized carbons (Fsp3) is 0.500. The van der Waals surface area contributed by atoms with Crippen LogP contribution >= 0.6 is 0 Å². The minimum Gasteiger partial charge on any atom is -0.481 e. The molecule has 4 fully saturated rings. The summed E-state index contributed by atoms with van der Waals surface area (Å²) in [6, 6.07) is 5.87. The molecule has 0 amide bonds. The maximum Gasteiger partial charge on any atom is 0.324 e. The first-order valence-electron chi connectivity index (χ1n) is 7.39. The number of benzene rings is 1. The summed E-state index contributed by atoms with van der Waals surface area (Å²) in [5, 5.41) is 22.3. The highest BCUT2D eigenvalue weighted by Crippen LogP contribution is 2.82. The molecule has 5 nitrogen and oxygen atoms in total. The lowest BCUT2D eigenvalue weighted by Crippen LogP contribution is -2.55. The Morgan fingerprint density at radius 3 is 2.41 bits per heavy atom. The van der Waals surface area contributed by atoms with Gasteiger partial charge in [0.25, 0.3) is 0 Å². The van der Waals surface area contributed by atoms with E-state index in [1.54, 1.807) is 12.1 Å². The monoisotopic (exact) mass is 305 g/mol. The summed E-state index contributed by atoms with van der Waals surface area (Å²) >= 11 is 0. The van der Waals surface area contributed by atoms with Crippen molar-refractivity contribution in [2.45, 2.75) is 24.9 Å². The number of carbonyl (C=O) groups is 2. The maximum absolute atomic E-state index is 12.9. The smallest absolute Gasteiger partial charge is 0.324 e. The highest BCUT2D eigenvalue weighted by Gasteiger charge is 2.89. The first kappa shape index (κ1) is 13.7. The predicted molar refractivity (Wildman–Crippen MR) is 73.4 cm³/mol. The molecule has 5 rings (SSSR count). The molecule has 0 heterocycles. The van der Waals surface area contributed by atoms with Crippen molar-refractivity contribution in [1.29, 1.82) is 0 Å². The fourth-order valence-corrected chi connectivity index (χ4v) is 5.13. The van der Waals surface area contributed by atoms with E-state index in [0.29, 0.717) is 19.4 Å².